The Morgan fingerprint density at radius 2 is 2.06 bits per heavy atom. The van der Waals surface area contributed by atoms with Crippen molar-refractivity contribution in [2.24, 2.45) is 0 Å². The fourth-order valence-electron chi connectivity index (χ4n) is 1.63. The zero-order valence-corrected chi connectivity index (χ0v) is 10.7. The zero-order chi connectivity index (χ0) is 11.4. The van der Waals surface area contributed by atoms with Gasteiger partial charge in [0.25, 0.3) is 0 Å². The Morgan fingerprint density at radius 3 is 2.81 bits per heavy atom. The molecule has 0 spiro atoms. The average molecular weight is 277 g/mol. The maximum atomic E-state index is 4.26. The molecule has 0 amide bonds. The number of hydrogen-bond donors (Lipinski definition) is 1. The molecule has 1 aromatic carbocycles. The summed E-state index contributed by atoms with van der Waals surface area (Å²) in [5.41, 5.74) is 3.50. The second-order valence-corrected chi connectivity index (χ2v) is 4.45. The third-order valence-electron chi connectivity index (χ3n) is 2.36. The van der Waals surface area contributed by atoms with Gasteiger partial charge < -0.3 is 5.32 Å². The maximum Gasteiger partial charge on any atom is 0.0346 e. The second-order valence-electron chi connectivity index (χ2n) is 3.59. The quantitative estimate of drug-likeness (QED) is 0.931. The van der Waals surface area contributed by atoms with Crippen molar-refractivity contribution in [1.82, 2.24) is 10.3 Å². The minimum atomic E-state index is 0.839. The molecular weight excluding hydrogens is 264 g/mol. The molecule has 2 rings (SSSR count). The number of nitrogens with zero attached hydrogens (tertiary/aromatic N) is 1. The molecule has 0 fully saturated rings. The van der Waals surface area contributed by atoms with Crippen LogP contribution in [0.5, 0.6) is 0 Å². The Kier molecular flexibility index (Phi) is 3.70. The lowest BCUT2D eigenvalue weighted by Gasteiger charge is -2.06. The summed E-state index contributed by atoms with van der Waals surface area (Å²) in [6, 6.07) is 10.3. The van der Waals surface area contributed by atoms with Crippen LogP contribution in [0.15, 0.2) is 47.2 Å². The third kappa shape index (κ3) is 2.49. The normalized spacial score (nSPS) is 10.4. The smallest absolute Gasteiger partial charge is 0.0346 e. The SMILES string of the molecule is CNCc1cncc(-c2ccccc2Br)c1. The van der Waals surface area contributed by atoms with E-state index in [0.717, 1.165) is 16.6 Å². The van der Waals surface area contributed by atoms with Crippen LogP contribution in [0, 0.1) is 0 Å². The first-order valence-electron chi connectivity index (χ1n) is 5.14. The Labute approximate surface area is 104 Å². The van der Waals surface area contributed by atoms with Crippen molar-refractivity contribution in [3.8, 4) is 11.1 Å². The van der Waals surface area contributed by atoms with Gasteiger partial charge in [0.2, 0.25) is 0 Å². The number of halogens is 1. The number of nitrogens with one attached hydrogen (secondary N) is 1. The highest BCUT2D eigenvalue weighted by atomic mass is 79.9. The molecule has 16 heavy (non-hydrogen) atoms. The highest BCUT2D eigenvalue weighted by molar-refractivity contribution is 9.10. The standard InChI is InChI=1S/C13H13BrN2/c1-15-7-10-6-11(9-16-8-10)12-4-2-3-5-13(12)14/h2-6,8-9,15H,7H2,1H3. The van der Waals surface area contributed by atoms with Crippen molar-refractivity contribution in [2.75, 3.05) is 7.05 Å². The highest BCUT2D eigenvalue weighted by Gasteiger charge is 2.03. The van der Waals surface area contributed by atoms with Crippen LogP contribution < -0.4 is 5.32 Å². The van der Waals surface area contributed by atoms with E-state index in [1.807, 2.05) is 37.6 Å². The molecule has 0 aliphatic heterocycles. The lowest BCUT2D eigenvalue weighted by molar-refractivity contribution is 0.813. The molecular formula is C13H13BrN2. The minimum absolute atomic E-state index is 0.839. The molecule has 0 atom stereocenters. The first-order valence-corrected chi connectivity index (χ1v) is 5.94. The van der Waals surface area contributed by atoms with Crippen LogP contribution in [-0.2, 0) is 6.54 Å². The lowest BCUT2D eigenvalue weighted by atomic mass is 10.1. The number of hydrogen-bond acceptors (Lipinski definition) is 2. The summed E-state index contributed by atoms with van der Waals surface area (Å²) in [5, 5.41) is 3.13. The van der Waals surface area contributed by atoms with Gasteiger partial charge in [-0.25, -0.2) is 0 Å². The van der Waals surface area contributed by atoms with Gasteiger partial charge in [-0.15, -0.1) is 0 Å². The first kappa shape index (κ1) is 11.3. The molecule has 0 aliphatic rings. The van der Waals surface area contributed by atoms with Crippen LogP contribution >= 0.6 is 15.9 Å². The molecule has 0 bridgehead atoms. The number of rotatable bonds is 3. The molecule has 0 unspecified atom stereocenters. The van der Waals surface area contributed by atoms with Crippen LogP contribution in [0.4, 0.5) is 0 Å². The van der Waals surface area contributed by atoms with Crippen LogP contribution in [0.25, 0.3) is 11.1 Å². The fraction of sp³-hybridized carbons (Fsp3) is 0.154. The summed E-state index contributed by atoms with van der Waals surface area (Å²) in [6.07, 6.45) is 3.77. The molecule has 2 aromatic rings. The summed E-state index contributed by atoms with van der Waals surface area (Å²) < 4.78 is 1.10. The van der Waals surface area contributed by atoms with Crippen molar-refractivity contribution in [3.63, 3.8) is 0 Å². The molecule has 1 heterocycles. The van der Waals surface area contributed by atoms with Gasteiger partial charge in [-0.3, -0.25) is 4.98 Å². The van der Waals surface area contributed by atoms with Gasteiger partial charge in [0, 0.05) is 29.0 Å². The molecule has 0 saturated carbocycles. The van der Waals surface area contributed by atoms with Gasteiger partial charge in [0.05, 0.1) is 0 Å². The van der Waals surface area contributed by atoms with Gasteiger partial charge in [-0.05, 0) is 30.3 Å². The summed E-state index contributed by atoms with van der Waals surface area (Å²) in [5.74, 6) is 0. The number of aromatic nitrogens is 1. The lowest BCUT2D eigenvalue weighted by Crippen LogP contribution is -2.05. The molecule has 2 nitrogen and oxygen atoms in total. The Bertz CT molecular complexity index is 483. The van der Waals surface area contributed by atoms with E-state index in [-0.39, 0.29) is 0 Å². The van der Waals surface area contributed by atoms with E-state index in [1.54, 1.807) is 0 Å². The van der Waals surface area contributed by atoms with Gasteiger partial charge in [-0.1, -0.05) is 34.1 Å². The van der Waals surface area contributed by atoms with Crippen molar-refractivity contribution >= 4 is 15.9 Å². The summed E-state index contributed by atoms with van der Waals surface area (Å²) >= 11 is 3.55. The van der Waals surface area contributed by atoms with Crippen molar-refractivity contribution < 1.29 is 0 Å². The van der Waals surface area contributed by atoms with Crippen molar-refractivity contribution in [2.45, 2.75) is 6.54 Å². The molecule has 3 heteroatoms. The Hall–Kier alpha value is -1.19. The number of benzene rings is 1. The minimum Gasteiger partial charge on any atom is -0.316 e. The average Bonchev–Trinajstić information content (AvgIpc) is 2.30. The van der Waals surface area contributed by atoms with E-state index in [0.29, 0.717) is 0 Å². The van der Waals surface area contributed by atoms with Gasteiger partial charge >= 0.3 is 0 Å². The molecule has 82 valence electrons. The van der Waals surface area contributed by atoms with E-state index in [1.165, 1.54) is 11.1 Å². The van der Waals surface area contributed by atoms with Gasteiger partial charge in [0.15, 0.2) is 0 Å². The largest absolute Gasteiger partial charge is 0.316 e. The van der Waals surface area contributed by atoms with Crippen LogP contribution in [0.1, 0.15) is 5.56 Å². The predicted molar refractivity (Wildman–Crippen MR) is 70.1 cm³/mol. The molecule has 1 N–H and O–H groups in total. The van der Waals surface area contributed by atoms with Crippen molar-refractivity contribution in [1.29, 1.82) is 0 Å². The molecule has 0 radical (unpaired) electrons. The Balaban J connectivity index is 2.40. The number of pyridine rings is 1. The van der Waals surface area contributed by atoms with Crippen molar-refractivity contribution in [3.05, 3.63) is 52.8 Å². The van der Waals surface area contributed by atoms with E-state index in [2.05, 4.69) is 38.4 Å². The van der Waals surface area contributed by atoms with Crippen LogP contribution in [0.3, 0.4) is 0 Å². The van der Waals surface area contributed by atoms with E-state index < -0.39 is 0 Å². The fourth-order valence-corrected chi connectivity index (χ4v) is 2.14. The Morgan fingerprint density at radius 1 is 1.25 bits per heavy atom. The predicted octanol–water partition coefficient (Wildman–Crippen LogP) is 3.23. The molecule has 1 aromatic heterocycles. The second kappa shape index (κ2) is 5.23. The summed E-state index contributed by atoms with van der Waals surface area (Å²) in [4.78, 5) is 4.26. The van der Waals surface area contributed by atoms with Gasteiger partial charge in [-0.2, -0.15) is 0 Å². The first-order chi connectivity index (χ1) is 7.81. The summed E-state index contributed by atoms with van der Waals surface area (Å²) in [6.45, 7) is 0.839. The third-order valence-corrected chi connectivity index (χ3v) is 3.05. The highest BCUT2D eigenvalue weighted by Crippen LogP contribution is 2.27. The van der Waals surface area contributed by atoms with E-state index in [4.69, 9.17) is 0 Å². The molecule has 0 saturated heterocycles. The summed E-state index contributed by atoms with van der Waals surface area (Å²) in [7, 11) is 1.94. The monoisotopic (exact) mass is 276 g/mol. The zero-order valence-electron chi connectivity index (χ0n) is 9.07. The van der Waals surface area contributed by atoms with E-state index >= 15 is 0 Å². The van der Waals surface area contributed by atoms with E-state index in [9.17, 15) is 0 Å². The van der Waals surface area contributed by atoms with Gasteiger partial charge in [0.1, 0.15) is 0 Å². The topological polar surface area (TPSA) is 24.9 Å². The molecule has 0 aliphatic carbocycles. The maximum absolute atomic E-state index is 4.26. The van der Waals surface area contributed by atoms with Crippen LogP contribution in [0.2, 0.25) is 0 Å². The van der Waals surface area contributed by atoms with Crippen LogP contribution in [-0.4, -0.2) is 12.0 Å².